The number of carbonyl (C=O) groups excluding carboxylic acids is 1. The SMILES string of the molecule is COC(=O)C1=NN(c2ccc(OC)cc2)[C@]2(C=CC(c3ccc(Cl)cc3)=NN2c2ccccc2)S1. The maximum atomic E-state index is 12.6. The Labute approximate surface area is 212 Å². The van der Waals surface area contributed by atoms with Gasteiger partial charge < -0.3 is 9.47 Å². The fourth-order valence-corrected chi connectivity index (χ4v) is 5.10. The van der Waals surface area contributed by atoms with Crippen LogP contribution in [0.4, 0.5) is 11.4 Å². The lowest BCUT2D eigenvalue weighted by atomic mass is 10.1. The van der Waals surface area contributed by atoms with Crippen LogP contribution in [0, 0.1) is 0 Å². The summed E-state index contributed by atoms with van der Waals surface area (Å²) in [5, 5.41) is 14.2. The predicted octanol–water partition coefficient (Wildman–Crippen LogP) is 5.52. The van der Waals surface area contributed by atoms with E-state index < -0.39 is 11.0 Å². The van der Waals surface area contributed by atoms with Gasteiger partial charge in [-0.1, -0.05) is 41.9 Å². The van der Waals surface area contributed by atoms with Crippen molar-refractivity contribution in [1.29, 1.82) is 0 Å². The zero-order valence-electron chi connectivity index (χ0n) is 19.0. The second kappa shape index (κ2) is 9.48. The van der Waals surface area contributed by atoms with Crippen molar-refractivity contribution in [1.82, 2.24) is 0 Å². The minimum atomic E-state index is -0.991. The third kappa shape index (κ3) is 4.26. The van der Waals surface area contributed by atoms with Gasteiger partial charge in [-0.15, -0.1) is 0 Å². The van der Waals surface area contributed by atoms with Crippen molar-refractivity contribution in [2.75, 3.05) is 24.2 Å². The van der Waals surface area contributed by atoms with Crippen LogP contribution in [0.15, 0.2) is 101 Å². The number of carbonyl (C=O) groups is 1. The highest BCUT2D eigenvalue weighted by molar-refractivity contribution is 8.17. The van der Waals surface area contributed by atoms with Crippen LogP contribution in [-0.2, 0) is 9.53 Å². The van der Waals surface area contributed by atoms with Crippen molar-refractivity contribution < 1.29 is 14.3 Å². The first-order chi connectivity index (χ1) is 17.0. The minimum absolute atomic E-state index is 0.221. The minimum Gasteiger partial charge on any atom is -0.497 e. The van der Waals surface area contributed by atoms with Crippen LogP contribution in [0.2, 0.25) is 5.02 Å². The summed E-state index contributed by atoms with van der Waals surface area (Å²) in [6.45, 7) is 0. The molecule has 0 aliphatic carbocycles. The van der Waals surface area contributed by atoms with Gasteiger partial charge in [0.1, 0.15) is 5.75 Å². The molecule has 0 bridgehead atoms. The third-order valence-electron chi connectivity index (χ3n) is 5.53. The normalized spacial score (nSPS) is 18.9. The molecule has 1 spiro atoms. The lowest BCUT2D eigenvalue weighted by molar-refractivity contribution is -0.132. The molecule has 0 unspecified atom stereocenters. The van der Waals surface area contributed by atoms with Crippen molar-refractivity contribution in [3.63, 3.8) is 0 Å². The first-order valence-electron chi connectivity index (χ1n) is 10.7. The summed E-state index contributed by atoms with van der Waals surface area (Å²) in [6, 6.07) is 24.7. The molecule has 0 aromatic heterocycles. The molecule has 0 fully saturated rings. The predicted molar refractivity (Wildman–Crippen MR) is 141 cm³/mol. The Kier molecular flexibility index (Phi) is 6.23. The molecule has 0 amide bonds. The van der Waals surface area contributed by atoms with Crippen molar-refractivity contribution in [2.45, 2.75) is 4.99 Å². The lowest BCUT2D eigenvalue weighted by Gasteiger charge is -2.43. The standard InChI is InChI=1S/C26H21ClN4O3S/c1-33-22-14-12-21(13-15-22)31-26(35-24(29-31)25(32)34-2)17-16-23(18-8-10-19(27)11-9-18)28-30(26)20-6-4-3-5-7-20/h3-17H,1-2H3/t26-/m1/s1. The van der Waals surface area contributed by atoms with Gasteiger partial charge in [0.15, 0.2) is 0 Å². The van der Waals surface area contributed by atoms with E-state index in [1.54, 1.807) is 12.1 Å². The lowest BCUT2D eigenvalue weighted by Crippen LogP contribution is -2.53. The maximum Gasteiger partial charge on any atom is 0.365 e. The summed E-state index contributed by atoms with van der Waals surface area (Å²) >= 11 is 7.36. The zero-order valence-corrected chi connectivity index (χ0v) is 20.5. The largest absolute Gasteiger partial charge is 0.497 e. The van der Waals surface area contributed by atoms with Gasteiger partial charge in [-0.3, -0.25) is 0 Å². The van der Waals surface area contributed by atoms with E-state index in [1.807, 2.05) is 96.0 Å². The molecule has 2 aliphatic heterocycles. The first-order valence-corrected chi connectivity index (χ1v) is 11.9. The molecule has 9 heteroatoms. The smallest absolute Gasteiger partial charge is 0.365 e. The van der Waals surface area contributed by atoms with Gasteiger partial charge in [-0.05, 0) is 72.4 Å². The van der Waals surface area contributed by atoms with E-state index in [0.29, 0.717) is 10.8 Å². The Morgan fingerprint density at radius 3 is 2.20 bits per heavy atom. The molecule has 0 saturated heterocycles. The molecule has 3 aromatic rings. The number of hydrogen-bond acceptors (Lipinski definition) is 8. The Morgan fingerprint density at radius 1 is 0.886 bits per heavy atom. The number of thioether (sulfide) groups is 1. The molecule has 2 aliphatic rings. The molecule has 3 aromatic carbocycles. The monoisotopic (exact) mass is 504 g/mol. The van der Waals surface area contributed by atoms with E-state index in [0.717, 1.165) is 22.6 Å². The molecule has 0 saturated carbocycles. The number of methoxy groups -OCH3 is 2. The molecule has 0 radical (unpaired) electrons. The fraction of sp³-hybridized carbons (Fsp3) is 0.115. The Balaban J connectivity index is 1.65. The summed E-state index contributed by atoms with van der Waals surface area (Å²) in [7, 11) is 2.96. The number of hydrazone groups is 2. The van der Waals surface area contributed by atoms with E-state index in [1.165, 1.54) is 18.9 Å². The van der Waals surface area contributed by atoms with E-state index in [2.05, 4.69) is 5.10 Å². The quantitative estimate of drug-likeness (QED) is 0.426. The second-order valence-electron chi connectivity index (χ2n) is 7.64. The number of halogens is 1. The number of ether oxygens (including phenoxy) is 2. The molecular weight excluding hydrogens is 484 g/mol. The maximum absolute atomic E-state index is 12.6. The summed E-state index contributed by atoms with van der Waals surface area (Å²) in [5.74, 6) is 0.202. The van der Waals surface area contributed by atoms with Crippen LogP contribution in [0.5, 0.6) is 5.75 Å². The summed E-state index contributed by atoms with van der Waals surface area (Å²) in [5.41, 5.74) is 3.25. The highest BCUT2D eigenvalue weighted by Gasteiger charge is 2.51. The molecule has 5 rings (SSSR count). The average Bonchev–Trinajstić information content (AvgIpc) is 3.29. The number of para-hydroxylation sites is 1. The number of allylic oxidation sites excluding steroid dienone is 1. The second-order valence-corrected chi connectivity index (χ2v) is 9.27. The Morgan fingerprint density at radius 2 is 1.54 bits per heavy atom. The number of benzene rings is 3. The van der Waals surface area contributed by atoms with Gasteiger partial charge in [-0.2, -0.15) is 10.2 Å². The molecule has 176 valence electrons. The van der Waals surface area contributed by atoms with Gasteiger partial charge in [0.25, 0.3) is 0 Å². The van der Waals surface area contributed by atoms with Crippen LogP contribution in [0.25, 0.3) is 0 Å². The fourth-order valence-electron chi connectivity index (χ4n) is 3.80. The van der Waals surface area contributed by atoms with Gasteiger partial charge in [0, 0.05) is 10.6 Å². The van der Waals surface area contributed by atoms with Gasteiger partial charge >= 0.3 is 5.97 Å². The highest BCUT2D eigenvalue weighted by atomic mass is 35.5. The van der Waals surface area contributed by atoms with E-state index >= 15 is 0 Å². The third-order valence-corrected chi connectivity index (χ3v) is 7.00. The van der Waals surface area contributed by atoms with Crippen LogP contribution in [-0.4, -0.2) is 35.9 Å². The average molecular weight is 505 g/mol. The first kappa shape index (κ1) is 23.0. The van der Waals surface area contributed by atoms with Crippen LogP contribution in [0.3, 0.4) is 0 Å². The number of nitrogens with zero attached hydrogens (tertiary/aromatic N) is 4. The number of esters is 1. The van der Waals surface area contributed by atoms with Crippen LogP contribution >= 0.6 is 23.4 Å². The zero-order chi connectivity index (χ0) is 24.4. The molecule has 7 nitrogen and oxygen atoms in total. The van der Waals surface area contributed by atoms with Crippen LogP contribution < -0.4 is 14.8 Å². The number of anilines is 2. The summed E-state index contributed by atoms with van der Waals surface area (Å²) < 4.78 is 10.3. The molecule has 2 heterocycles. The van der Waals surface area contributed by atoms with E-state index in [9.17, 15) is 4.79 Å². The van der Waals surface area contributed by atoms with Crippen molar-refractivity contribution in [3.05, 3.63) is 102 Å². The molecule has 0 N–H and O–H groups in total. The van der Waals surface area contributed by atoms with E-state index in [4.69, 9.17) is 26.2 Å². The van der Waals surface area contributed by atoms with Gasteiger partial charge in [-0.25, -0.2) is 14.8 Å². The van der Waals surface area contributed by atoms with Gasteiger partial charge in [0.05, 0.1) is 31.3 Å². The summed E-state index contributed by atoms with van der Waals surface area (Å²) in [4.78, 5) is 11.6. The van der Waals surface area contributed by atoms with E-state index in [-0.39, 0.29) is 5.04 Å². The molecule has 1 atom stereocenters. The van der Waals surface area contributed by atoms with Crippen molar-refractivity contribution >= 4 is 51.5 Å². The Bertz CT molecular complexity index is 1330. The van der Waals surface area contributed by atoms with Gasteiger partial charge in [0.2, 0.25) is 10.0 Å². The van der Waals surface area contributed by atoms with Crippen molar-refractivity contribution in [3.8, 4) is 5.75 Å². The van der Waals surface area contributed by atoms with Crippen LogP contribution in [0.1, 0.15) is 5.56 Å². The topological polar surface area (TPSA) is 66.7 Å². The highest BCUT2D eigenvalue weighted by Crippen LogP contribution is 2.48. The summed E-state index contributed by atoms with van der Waals surface area (Å²) in [6.07, 6.45) is 3.92. The number of hydrogen-bond donors (Lipinski definition) is 0. The molecular formula is C26H21ClN4O3S. The molecule has 35 heavy (non-hydrogen) atoms. The number of rotatable bonds is 5. The van der Waals surface area contributed by atoms with Crippen molar-refractivity contribution in [2.24, 2.45) is 10.2 Å². The Hall–Kier alpha value is -3.75.